The molecule has 0 saturated carbocycles. The van der Waals surface area contributed by atoms with Gasteiger partial charge in [0.2, 0.25) is 5.28 Å². The Hall–Kier alpha value is -2.75. The van der Waals surface area contributed by atoms with Crippen LogP contribution in [0.25, 0.3) is 21.4 Å². The Kier molecular flexibility index (Phi) is 8.40. The van der Waals surface area contributed by atoms with Crippen molar-refractivity contribution in [2.24, 2.45) is 0 Å². The van der Waals surface area contributed by atoms with Gasteiger partial charge in [-0.1, -0.05) is 11.8 Å². The molecule has 1 aliphatic rings. The Morgan fingerprint density at radius 2 is 2.13 bits per heavy atom. The molecule has 15 heteroatoms. The van der Waals surface area contributed by atoms with Gasteiger partial charge < -0.3 is 29.7 Å². The number of fused-ring (bicyclic) bond motifs is 2. The van der Waals surface area contributed by atoms with E-state index < -0.39 is 30.5 Å². The van der Waals surface area contributed by atoms with Crippen molar-refractivity contribution in [3.8, 4) is 5.75 Å². The number of nitrogens with zero attached hydrogens (tertiary/aromatic N) is 5. The Bertz CT molecular complexity index is 1480. The first-order chi connectivity index (χ1) is 18.7. The average molecular weight is 595 g/mol. The van der Waals surface area contributed by atoms with E-state index in [0.717, 1.165) is 20.3 Å². The number of imidazole rings is 1. The van der Waals surface area contributed by atoms with Gasteiger partial charge in [-0.25, -0.2) is 9.97 Å². The summed E-state index contributed by atoms with van der Waals surface area (Å²) < 4.78 is 19.8. The molecule has 0 aliphatic carbocycles. The largest absolute Gasteiger partial charge is 0.494 e. The zero-order chi connectivity index (χ0) is 27.7. The van der Waals surface area contributed by atoms with E-state index in [1.54, 1.807) is 23.1 Å². The van der Waals surface area contributed by atoms with E-state index in [4.69, 9.17) is 30.8 Å². The highest BCUT2D eigenvalue weighted by Gasteiger charge is 2.45. The first-order valence-electron chi connectivity index (χ1n) is 12.2. The molecule has 12 nitrogen and oxygen atoms in total. The number of carbonyl (C=O) groups is 1. The first kappa shape index (κ1) is 27.8. The standard InChI is InChI=1S/C24H27ClN6O6S2/c1-4-35-13-5-6-14-16(7-13)39-24(28-14)38-9-11(2)27-20-17-21(30-23(25)29-20)31(10-26-17)22-19(34)18(33)15(37-22)8-36-12(3)32/h5-7,10-11,15,18-19,22,33-34H,4,8-9H2,1-3H3,(H,27,29,30)/t11-,15-,18-,19-,22-/m1/s1. The number of aliphatic hydroxyl groups is 2. The van der Waals surface area contributed by atoms with Gasteiger partial charge in [-0.2, -0.15) is 9.97 Å². The number of benzene rings is 1. The van der Waals surface area contributed by atoms with E-state index in [2.05, 4.69) is 20.3 Å². The molecule has 0 amide bonds. The minimum absolute atomic E-state index is 0.0209. The second-order valence-corrected chi connectivity index (χ2v) is 11.5. The van der Waals surface area contributed by atoms with Crippen LogP contribution >= 0.6 is 34.7 Å². The summed E-state index contributed by atoms with van der Waals surface area (Å²) in [5.74, 6) is 1.43. The maximum Gasteiger partial charge on any atom is 0.302 e. The summed E-state index contributed by atoms with van der Waals surface area (Å²) in [5.41, 5.74) is 1.67. The van der Waals surface area contributed by atoms with Crippen molar-refractivity contribution in [3.63, 3.8) is 0 Å². The van der Waals surface area contributed by atoms with Crippen LogP contribution in [0.5, 0.6) is 5.75 Å². The summed E-state index contributed by atoms with van der Waals surface area (Å²) in [6.07, 6.45) is -3.06. The van der Waals surface area contributed by atoms with Crippen molar-refractivity contribution in [1.29, 1.82) is 0 Å². The molecule has 0 bridgehead atoms. The lowest BCUT2D eigenvalue weighted by Crippen LogP contribution is -2.34. The summed E-state index contributed by atoms with van der Waals surface area (Å²) in [4.78, 5) is 28.9. The maximum atomic E-state index is 11.2. The highest BCUT2D eigenvalue weighted by molar-refractivity contribution is 8.01. The van der Waals surface area contributed by atoms with Crippen molar-refractivity contribution in [2.45, 2.75) is 55.7 Å². The molecule has 0 unspecified atom stereocenters. The van der Waals surface area contributed by atoms with Crippen LogP contribution in [0, 0.1) is 0 Å². The molecule has 4 heterocycles. The molecule has 4 aromatic rings. The van der Waals surface area contributed by atoms with Gasteiger partial charge in [0.05, 0.1) is 23.2 Å². The van der Waals surface area contributed by atoms with Crippen molar-refractivity contribution in [3.05, 3.63) is 29.8 Å². The molecular weight excluding hydrogens is 568 g/mol. The van der Waals surface area contributed by atoms with Gasteiger partial charge in [-0.15, -0.1) is 11.3 Å². The van der Waals surface area contributed by atoms with Crippen LogP contribution in [0.2, 0.25) is 5.28 Å². The Balaban J connectivity index is 1.29. The fourth-order valence-electron chi connectivity index (χ4n) is 4.15. The summed E-state index contributed by atoms with van der Waals surface area (Å²) in [7, 11) is 0. The lowest BCUT2D eigenvalue weighted by molar-refractivity contribution is -0.147. The van der Waals surface area contributed by atoms with Crippen LogP contribution in [0.3, 0.4) is 0 Å². The Labute approximate surface area is 236 Å². The summed E-state index contributed by atoms with van der Waals surface area (Å²) in [6, 6.07) is 5.84. The van der Waals surface area contributed by atoms with Gasteiger partial charge in [0.1, 0.15) is 30.7 Å². The molecule has 3 N–H and O–H groups in total. The molecule has 1 aromatic carbocycles. The van der Waals surface area contributed by atoms with Gasteiger partial charge in [0.15, 0.2) is 27.5 Å². The number of thioether (sulfide) groups is 1. The molecule has 1 fully saturated rings. The molecule has 0 radical (unpaired) electrons. The van der Waals surface area contributed by atoms with E-state index >= 15 is 0 Å². The van der Waals surface area contributed by atoms with E-state index in [1.165, 1.54) is 17.8 Å². The summed E-state index contributed by atoms with van der Waals surface area (Å²) in [6.45, 7) is 5.63. The predicted octanol–water partition coefficient (Wildman–Crippen LogP) is 3.26. The third-order valence-corrected chi connectivity index (χ3v) is 8.54. The maximum absolute atomic E-state index is 11.2. The topological polar surface area (TPSA) is 154 Å². The second kappa shape index (κ2) is 11.8. The van der Waals surface area contributed by atoms with Crippen molar-refractivity contribution in [2.75, 3.05) is 24.3 Å². The van der Waals surface area contributed by atoms with Crippen LogP contribution in [0.1, 0.15) is 27.0 Å². The fourth-order valence-corrected chi connectivity index (χ4v) is 6.38. The number of esters is 1. The Morgan fingerprint density at radius 1 is 1.31 bits per heavy atom. The molecule has 5 rings (SSSR count). The molecule has 1 saturated heterocycles. The van der Waals surface area contributed by atoms with E-state index in [0.29, 0.717) is 29.3 Å². The van der Waals surface area contributed by atoms with E-state index in [1.807, 2.05) is 32.0 Å². The normalized spacial score (nSPS) is 21.9. The first-order valence-corrected chi connectivity index (χ1v) is 14.4. The zero-order valence-electron chi connectivity index (χ0n) is 21.3. The number of nitrogens with one attached hydrogen (secondary N) is 1. The van der Waals surface area contributed by atoms with Crippen molar-refractivity contribution < 1.29 is 29.2 Å². The van der Waals surface area contributed by atoms with Crippen LogP contribution in [0.15, 0.2) is 28.9 Å². The van der Waals surface area contributed by atoms with Gasteiger partial charge in [-0.3, -0.25) is 9.36 Å². The van der Waals surface area contributed by atoms with Crippen LogP contribution < -0.4 is 10.1 Å². The predicted molar refractivity (Wildman–Crippen MR) is 147 cm³/mol. The third-order valence-electron chi connectivity index (χ3n) is 5.95. The number of rotatable bonds is 10. The molecule has 39 heavy (non-hydrogen) atoms. The average Bonchev–Trinajstić information content (AvgIpc) is 3.57. The molecule has 5 atom stereocenters. The lowest BCUT2D eigenvalue weighted by Gasteiger charge is -2.17. The van der Waals surface area contributed by atoms with E-state index in [-0.39, 0.29) is 17.9 Å². The molecule has 0 spiro atoms. The fraction of sp³-hybridized carbons (Fsp3) is 0.458. The SMILES string of the molecule is CCOc1ccc2nc(SC[C@@H](C)Nc3nc(Cl)nc4c3ncn4[C@@H]3O[C@H](COC(C)=O)[C@@H](O)[C@H]3O)sc2c1. The summed E-state index contributed by atoms with van der Waals surface area (Å²) >= 11 is 9.47. The Morgan fingerprint density at radius 3 is 2.90 bits per heavy atom. The molecule has 208 valence electrons. The highest BCUT2D eigenvalue weighted by atomic mass is 35.5. The zero-order valence-corrected chi connectivity index (χ0v) is 23.7. The van der Waals surface area contributed by atoms with Gasteiger partial charge >= 0.3 is 5.97 Å². The van der Waals surface area contributed by atoms with E-state index in [9.17, 15) is 15.0 Å². The number of hydrogen-bond acceptors (Lipinski definition) is 13. The number of hydrogen-bond donors (Lipinski definition) is 3. The van der Waals surface area contributed by atoms with Crippen molar-refractivity contribution in [1.82, 2.24) is 24.5 Å². The van der Waals surface area contributed by atoms with Gasteiger partial charge in [0.25, 0.3) is 0 Å². The third kappa shape index (κ3) is 6.05. The minimum atomic E-state index is -1.30. The smallest absolute Gasteiger partial charge is 0.302 e. The number of carbonyl (C=O) groups excluding carboxylic acids is 1. The van der Waals surface area contributed by atoms with Gasteiger partial charge in [-0.05, 0) is 43.6 Å². The second-order valence-electron chi connectivity index (χ2n) is 8.91. The van der Waals surface area contributed by atoms with Crippen molar-refractivity contribution >= 4 is 67.9 Å². The molecule has 1 aliphatic heterocycles. The summed E-state index contributed by atoms with van der Waals surface area (Å²) in [5, 5.41) is 24.3. The monoisotopic (exact) mass is 594 g/mol. The molecule has 3 aromatic heterocycles. The number of anilines is 1. The van der Waals surface area contributed by atoms with Crippen LogP contribution in [0.4, 0.5) is 5.82 Å². The number of ether oxygens (including phenoxy) is 3. The lowest BCUT2D eigenvalue weighted by atomic mass is 10.1. The highest BCUT2D eigenvalue weighted by Crippen LogP contribution is 2.34. The molecular formula is C24H27ClN6O6S2. The number of aliphatic hydroxyl groups excluding tert-OH is 2. The van der Waals surface area contributed by atoms with Crippen LogP contribution in [-0.2, 0) is 14.3 Å². The van der Waals surface area contributed by atoms with Crippen LogP contribution in [-0.4, -0.2) is 84.0 Å². The van der Waals surface area contributed by atoms with Gasteiger partial charge in [0, 0.05) is 18.7 Å². The quantitative estimate of drug-likeness (QED) is 0.140. The number of halogens is 1. The number of thiazole rings is 1. The number of aromatic nitrogens is 5. The minimum Gasteiger partial charge on any atom is -0.494 e.